The van der Waals surface area contributed by atoms with E-state index in [0.717, 1.165) is 17.9 Å². The van der Waals surface area contributed by atoms with Crippen LogP contribution in [0, 0.1) is 0 Å². The molecule has 0 aromatic heterocycles. The Hall–Kier alpha value is -1.22. The molecule has 14 heavy (non-hydrogen) atoms. The van der Waals surface area contributed by atoms with Gasteiger partial charge in [0.15, 0.2) is 0 Å². The second-order valence-electron chi connectivity index (χ2n) is 3.38. The van der Waals surface area contributed by atoms with E-state index in [9.17, 15) is 4.79 Å². The lowest BCUT2D eigenvalue weighted by atomic mass is 10.2. The highest BCUT2D eigenvalue weighted by Crippen LogP contribution is 2.30. The first-order valence-corrected chi connectivity index (χ1v) is 4.85. The number of benzene rings is 1. The lowest BCUT2D eigenvalue weighted by molar-refractivity contribution is -0.115. The molecule has 0 bridgehead atoms. The van der Waals surface area contributed by atoms with E-state index in [4.69, 9.17) is 11.6 Å². The highest BCUT2D eigenvalue weighted by molar-refractivity contribution is 6.31. The maximum Gasteiger partial charge on any atom is 0.226 e. The van der Waals surface area contributed by atoms with Crippen molar-refractivity contribution in [2.45, 2.75) is 6.42 Å². The zero-order valence-corrected chi connectivity index (χ0v) is 8.64. The van der Waals surface area contributed by atoms with Gasteiger partial charge >= 0.3 is 0 Å². The number of halogens is 1. The summed E-state index contributed by atoms with van der Waals surface area (Å²) in [4.78, 5) is 13.4. The first-order valence-electron chi connectivity index (χ1n) is 4.47. The molecule has 0 unspecified atom stereocenters. The Kier molecular flexibility index (Phi) is 2.33. The first-order chi connectivity index (χ1) is 6.66. The largest absolute Gasteiger partial charge is 0.372 e. The molecule has 0 radical (unpaired) electrons. The number of hydrogen-bond donors (Lipinski definition) is 1. The van der Waals surface area contributed by atoms with E-state index < -0.39 is 0 Å². The number of hydrogen-bond acceptors (Lipinski definition) is 2. The summed E-state index contributed by atoms with van der Waals surface area (Å²) in [5, 5.41) is 3.47. The van der Waals surface area contributed by atoms with E-state index >= 15 is 0 Å². The Morgan fingerprint density at radius 2 is 2.29 bits per heavy atom. The van der Waals surface area contributed by atoms with E-state index in [-0.39, 0.29) is 5.91 Å². The molecule has 0 aliphatic carbocycles. The summed E-state index contributed by atoms with van der Waals surface area (Å²) >= 11 is 5.86. The van der Waals surface area contributed by atoms with Gasteiger partial charge in [-0.15, -0.1) is 0 Å². The fourth-order valence-electron chi connectivity index (χ4n) is 1.54. The van der Waals surface area contributed by atoms with Crippen LogP contribution >= 0.6 is 11.6 Å². The van der Waals surface area contributed by atoms with Crippen molar-refractivity contribution < 1.29 is 4.79 Å². The van der Waals surface area contributed by atoms with Gasteiger partial charge in [-0.25, -0.2) is 0 Å². The zero-order chi connectivity index (χ0) is 10.1. The van der Waals surface area contributed by atoms with Crippen LogP contribution in [0.25, 0.3) is 0 Å². The molecule has 1 aliphatic rings. The third-order valence-electron chi connectivity index (χ3n) is 2.32. The molecule has 0 saturated heterocycles. The number of fused-ring (bicyclic) bond motifs is 1. The molecule has 1 aromatic rings. The molecule has 0 saturated carbocycles. The van der Waals surface area contributed by atoms with Crippen LogP contribution in [0.15, 0.2) is 18.2 Å². The van der Waals surface area contributed by atoms with Crippen LogP contribution in [-0.2, 0) is 4.79 Å². The average molecular weight is 211 g/mol. The van der Waals surface area contributed by atoms with Gasteiger partial charge in [-0.2, -0.15) is 0 Å². The highest BCUT2D eigenvalue weighted by Gasteiger charge is 2.15. The third-order valence-corrected chi connectivity index (χ3v) is 2.55. The molecule has 2 rings (SSSR count). The molecule has 1 N–H and O–H groups in total. The molecule has 0 atom stereocenters. The average Bonchev–Trinajstić information content (AvgIpc) is 2.26. The number of carbonyl (C=O) groups excluding carboxylic acids is 1. The minimum Gasteiger partial charge on any atom is -0.372 e. The number of nitrogens with one attached hydrogen (secondary N) is 1. The molecule has 1 aliphatic heterocycles. The van der Waals surface area contributed by atoms with Crippen molar-refractivity contribution in [1.82, 2.24) is 0 Å². The van der Waals surface area contributed by atoms with Crippen molar-refractivity contribution in [1.29, 1.82) is 0 Å². The van der Waals surface area contributed by atoms with Crippen molar-refractivity contribution in [2.24, 2.45) is 0 Å². The number of anilines is 2. The standard InChI is InChI=1S/C10H11ClN2O/c1-13-5-4-10(14)12-8-6-7(11)2-3-9(8)13/h2-3,6H,4-5H2,1H3,(H,12,14). The Balaban J connectivity index is 2.46. The van der Waals surface area contributed by atoms with Crippen LogP contribution in [0.2, 0.25) is 5.02 Å². The fourth-order valence-corrected chi connectivity index (χ4v) is 1.72. The third kappa shape index (κ3) is 1.68. The number of rotatable bonds is 0. The smallest absolute Gasteiger partial charge is 0.226 e. The highest BCUT2D eigenvalue weighted by atomic mass is 35.5. The molecular formula is C10H11ClN2O. The predicted octanol–water partition coefficient (Wildman–Crippen LogP) is 2.12. The molecule has 3 nitrogen and oxygen atoms in total. The van der Waals surface area contributed by atoms with Crippen molar-refractivity contribution >= 4 is 28.9 Å². The van der Waals surface area contributed by atoms with Crippen molar-refractivity contribution in [3.63, 3.8) is 0 Å². The normalized spacial score (nSPS) is 15.9. The Bertz CT molecular complexity index is 378. The molecule has 0 spiro atoms. The van der Waals surface area contributed by atoms with Crippen molar-refractivity contribution in [3.8, 4) is 0 Å². The van der Waals surface area contributed by atoms with E-state index in [1.807, 2.05) is 24.1 Å². The molecular weight excluding hydrogens is 200 g/mol. The monoisotopic (exact) mass is 210 g/mol. The van der Waals surface area contributed by atoms with E-state index in [2.05, 4.69) is 5.32 Å². The summed E-state index contributed by atoms with van der Waals surface area (Å²) in [7, 11) is 1.97. The van der Waals surface area contributed by atoms with Gasteiger partial charge in [-0.1, -0.05) is 11.6 Å². The fraction of sp³-hybridized carbons (Fsp3) is 0.300. The van der Waals surface area contributed by atoms with Gasteiger partial charge in [-0.3, -0.25) is 4.79 Å². The van der Waals surface area contributed by atoms with Gasteiger partial charge in [0.25, 0.3) is 0 Å². The summed E-state index contributed by atoms with van der Waals surface area (Å²) in [5.74, 6) is 0.0397. The zero-order valence-electron chi connectivity index (χ0n) is 7.88. The summed E-state index contributed by atoms with van der Waals surface area (Å²) < 4.78 is 0. The van der Waals surface area contributed by atoms with Crippen LogP contribution in [0.1, 0.15) is 6.42 Å². The molecule has 0 fully saturated rings. The van der Waals surface area contributed by atoms with Gasteiger partial charge in [0, 0.05) is 25.0 Å². The van der Waals surface area contributed by atoms with Gasteiger partial charge in [0.2, 0.25) is 5.91 Å². The molecule has 4 heteroatoms. The maximum absolute atomic E-state index is 11.3. The van der Waals surface area contributed by atoms with E-state index in [0.29, 0.717) is 11.4 Å². The Morgan fingerprint density at radius 3 is 3.07 bits per heavy atom. The SMILES string of the molecule is CN1CCC(=O)Nc2cc(Cl)ccc21. The lowest BCUT2D eigenvalue weighted by Gasteiger charge is -2.18. The van der Waals surface area contributed by atoms with Crippen molar-refractivity contribution in [3.05, 3.63) is 23.2 Å². The lowest BCUT2D eigenvalue weighted by Crippen LogP contribution is -2.18. The second-order valence-corrected chi connectivity index (χ2v) is 3.82. The van der Waals surface area contributed by atoms with Crippen LogP contribution in [0.3, 0.4) is 0 Å². The maximum atomic E-state index is 11.3. The summed E-state index contributed by atoms with van der Waals surface area (Å²) in [6, 6.07) is 5.52. The number of amides is 1. The molecule has 1 aromatic carbocycles. The summed E-state index contributed by atoms with van der Waals surface area (Å²) in [6.07, 6.45) is 0.517. The predicted molar refractivity (Wildman–Crippen MR) is 58.0 cm³/mol. The van der Waals surface area contributed by atoms with E-state index in [1.54, 1.807) is 6.07 Å². The Morgan fingerprint density at radius 1 is 1.50 bits per heavy atom. The van der Waals surface area contributed by atoms with Crippen LogP contribution in [-0.4, -0.2) is 19.5 Å². The van der Waals surface area contributed by atoms with Crippen molar-refractivity contribution in [2.75, 3.05) is 23.8 Å². The van der Waals surface area contributed by atoms with Crippen LogP contribution in [0.4, 0.5) is 11.4 Å². The Labute approximate surface area is 87.7 Å². The van der Waals surface area contributed by atoms with Gasteiger partial charge in [-0.05, 0) is 18.2 Å². The topological polar surface area (TPSA) is 32.3 Å². The van der Waals surface area contributed by atoms with Gasteiger partial charge in [0.05, 0.1) is 11.4 Å². The quantitative estimate of drug-likeness (QED) is 0.712. The van der Waals surface area contributed by atoms with Crippen LogP contribution < -0.4 is 10.2 Å². The second kappa shape index (κ2) is 3.50. The van der Waals surface area contributed by atoms with Crippen LogP contribution in [0.5, 0.6) is 0 Å². The van der Waals surface area contributed by atoms with Gasteiger partial charge < -0.3 is 10.2 Å². The molecule has 1 amide bonds. The summed E-state index contributed by atoms with van der Waals surface area (Å²) in [6.45, 7) is 0.737. The molecule has 1 heterocycles. The van der Waals surface area contributed by atoms with E-state index in [1.165, 1.54) is 0 Å². The minimum atomic E-state index is 0.0397. The number of carbonyl (C=O) groups is 1. The summed E-state index contributed by atoms with van der Waals surface area (Å²) in [5.41, 5.74) is 1.81. The molecule has 74 valence electrons. The number of nitrogens with zero attached hydrogens (tertiary/aromatic N) is 1. The first kappa shape index (κ1) is 9.34. The minimum absolute atomic E-state index is 0.0397. The van der Waals surface area contributed by atoms with Gasteiger partial charge in [0.1, 0.15) is 0 Å².